The standard InChI is InChI=1S/C21H28BrF2N3O5/c1-12(2)21(31-9-8-25-19(29)32-20(3,4)5)26-17(28)16(22)18(27-21)30-11-13-6-7-14(23)10-15(13)24/h6-7,10,12,27H,8-9,11H2,1-5H3,(H,25,29)(H,26,28). The number of ether oxygens (including phenoxy) is 3. The molecule has 0 spiro atoms. The zero-order valence-electron chi connectivity index (χ0n) is 18.6. The molecule has 1 aromatic rings. The van der Waals surface area contributed by atoms with Crippen LogP contribution in [0.5, 0.6) is 0 Å². The lowest BCUT2D eigenvalue weighted by Gasteiger charge is -2.42. The predicted molar refractivity (Wildman–Crippen MR) is 116 cm³/mol. The molecule has 0 fully saturated rings. The molecule has 11 heteroatoms. The van der Waals surface area contributed by atoms with Crippen molar-refractivity contribution in [1.82, 2.24) is 16.0 Å². The highest BCUT2D eigenvalue weighted by atomic mass is 79.9. The van der Waals surface area contributed by atoms with E-state index >= 15 is 0 Å². The van der Waals surface area contributed by atoms with E-state index in [1.165, 1.54) is 6.07 Å². The maximum Gasteiger partial charge on any atom is 0.407 e. The summed E-state index contributed by atoms with van der Waals surface area (Å²) < 4.78 is 43.7. The average molecular weight is 520 g/mol. The lowest BCUT2D eigenvalue weighted by atomic mass is 10.1. The third-order valence-electron chi connectivity index (χ3n) is 4.30. The maximum absolute atomic E-state index is 13.9. The van der Waals surface area contributed by atoms with Crippen LogP contribution in [-0.4, -0.2) is 36.6 Å². The van der Waals surface area contributed by atoms with Crippen LogP contribution in [0.15, 0.2) is 28.6 Å². The Morgan fingerprint density at radius 2 is 1.94 bits per heavy atom. The quantitative estimate of drug-likeness (QED) is 0.454. The number of amides is 2. The molecule has 0 bridgehead atoms. The molecule has 0 radical (unpaired) electrons. The highest BCUT2D eigenvalue weighted by Crippen LogP contribution is 2.27. The minimum atomic E-state index is -1.35. The van der Waals surface area contributed by atoms with Gasteiger partial charge < -0.3 is 30.2 Å². The van der Waals surface area contributed by atoms with E-state index in [1.807, 2.05) is 13.8 Å². The fourth-order valence-corrected chi connectivity index (χ4v) is 2.99. The molecule has 0 saturated heterocycles. The molecule has 1 aliphatic rings. The van der Waals surface area contributed by atoms with Crippen LogP contribution in [0.2, 0.25) is 0 Å². The first-order valence-electron chi connectivity index (χ1n) is 10.0. The van der Waals surface area contributed by atoms with Crippen molar-refractivity contribution in [2.45, 2.75) is 52.7 Å². The van der Waals surface area contributed by atoms with Crippen LogP contribution in [-0.2, 0) is 25.6 Å². The molecule has 2 rings (SSSR count). The Hall–Kier alpha value is -2.40. The molecule has 0 aliphatic carbocycles. The molecule has 3 N–H and O–H groups in total. The lowest BCUT2D eigenvalue weighted by molar-refractivity contribution is -0.153. The van der Waals surface area contributed by atoms with Crippen LogP contribution >= 0.6 is 15.9 Å². The molecule has 32 heavy (non-hydrogen) atoms. The molecule has 1 atom stereocenters. The average Bonchev–Trinajstić information content (AvgIpc) is 2.66. The first kappa shape index (κ1) is 25.9. The highest BCUT2D eigenvalue weighted by Gasteiger charge is 2.43. The van der Waals surface area contributed by atoms with Crippen molar-refractivity contribution in [2.75, 3.05) is 13.2 Å². The second-order valence-electron chi connectivity index (χ2n) is 8.41. The molecule has 2 amide bonds. The zero-order valence-corrected chi connectivity index (χ0v) is 20.2. The van der Waals surface area contributed by atoms with Crippen LogP contribution in [0.4, 0.5) is 13.6 Å². The van der Waals surface area contributed by atoms with Gasteiger partial charge in [0.2, 0.25) is 11.7 Å². The summed E-state index contributed by atoms with van der Waals surface area (Å²) in [4.78, 5) is 24.3. The molecule has 8 nitrogen and oxygen atoms in total. The summed E-state index contributed by atoms with van der Waals surface area (Å²) in [6, 6.07) is 3.13. The van der Waals surface area contributed by atoms with Gasteiger partial charge in [-0.05, 0) is 48.8 Å². The number of hydrogen-bond acceptors (Lipinski definition) is 6. The first-order chi connectivity index (χ1) is 14.8. The Kier molecular flexibility index (Phi) is 8.47. The molecule has 1 aromatic carbocycles. The molecular weight excluding hydrogens is 492 g/mol. The van der Waals surface area contributed by atoms with Crippen LogP contribution in [0, 0.1) is 17.6 Å². The van der Waals surface area contributed by atoms with E-state index in [-0.39, 0.29) is 41.6 Å². The van der Waals surface area contributed by atoms with E-state index in [2.05, 4.69) is 31.9 Å². The Labute approximate surface area is 194 Å². The van der Waals surface area contributed by atoms with Gasteiger partial charge in [0.1, 0.15) is 28.3 Å². The number of nitrogens with one attached hydrogen (secondary N) is 3. The third kappa shape index (κ3) is 7.06. The van der Waals surface area contributed by atoms with Crippen molar-refractivity contribution in [3.8, 4) is 0 Å². The molecule has 1 unspecified atom stereocenters. The Balaban J connectivity index is 2.03. The van der Waals surface area contributed by atoms with E-state index in [9.17, 15) is 18.4 Å². The van der Waals surface area contributed by atoms with E-state index in [0.29, 0.717) is 0 Å². The van der Waals surface area contributed by atoms with Gasteiger partial charge in [0.15, 0.2) is 0 Å². The number of carbonyl (C=O) groups excluding carboxylic acids is 2. The van der Waals surface area contributed by atoms with Gasteiger partial charge in [0, 0.05) is 24.1 Å². The van der Waals surface area contributed by atoms with Gasteiger partial charge in [-0.15, -0.1) is 0 Å². The van der Waals surface area contributed by atoms with Crippen LogP contribution in [0.3, 0.4) is 0 Å². The minimum Gasteiger partial charge on any atom is -0.473 e. The normalized spacial score (nSPS) is 18.8. The number of alkyl carbamates (subject to hydrolysis) is 1. The molecule has 178 valence electrons. The SMILES string of the molecule is CC(C)C1(OCCNC(=O)OC(C)(C)C)NC(=O)C(Br)=C(OCc2ccc(F)cc2F)N1. The summed E-state index contributed by atoms with van der Waals surface area (Å²) in [5.74, 6) is -3.55. The topological polar surface area (TPSA) is 97.9 Å². The summed E-state index contributed by atoms with van der Waals surface area (Å²) >= 11 is 3.15. The summed E-state index contributed by atoms with van der Waals surface area (Å²) in [6.07, 6.45) is -0.590. The van der Waals surface area contributed by atoms with Crippen LogP contribution < -0.4 is 16.0 Å². The second-order valence-corrected chi connectivity index (χ2v) is 9.21. The number of carbonyl (C=O) groups is 2. The molecular formula is C21H28BrF2N3O5. The van der Waals surface area contributed by atoms with Gasteiger partial charge in [-0.25, -0.2) is 13.6 Å². The number of hydrogen-bond donors (Lipinski definition) is 3. The predicted octanol–water partition coefficient (Wildman–Crippen LogP) is 3.62. The fraction of sp³-hybridized carbons (Fsp3) is 0.524. The monoisotopic (exact) mass is 519 g/mol. The second kappa shape index (κ2) is 10.5. The number of halogens is 3. The largest absolute Gasteiger partial charge is 0.473 e. The number of benzene rings is 1. The van der Waals surface area contributed by atoms with E-state index in [1.54, 1.807) is 20.8 Å². The van der Waals surface area contributed by atoms with Crippen molar-refractivity contribution in [2.24, 2.45) is 5.92 Å². The summed E-state index contributed by atoms with van der Waals surface area (Å²) in [7, 11) is 0. The number of rotatable bonds is 8. The lowest BCUT2D eigenvalue weighted by Crippen LogP contribution is -2.67. The van der Waals surface area contributed by atoms with Crippen molar-refractivity contribution >= 4 is 27.9 Å². The van der Waals surface area contributed by atoms with Crippen LogP contribution in [0.1, 0.15) is 40.2 Å². The van der Waals surface area contributed by atoms with Gasteiger partial charge in [-0.3, -0.25) is 4.79 Å². The molecule has 0 saturated carbocycles. The van der Waals surface area contributed by atoms with Gasteiger partial charge >= 0.3 is 6.09 Å². The van der Waals surface area contributed by atoms with E-state index < -0.39 is 35.1 Å². The van der Waals surface area contributed by atoms with Crippen molar-refractivity contribution in [3.63, 3.8) is 0 Å². The summed E-state index contributed by atoms with van der Waals surface area (Å²) in [5.41, 5.74) is -0.513. The summed E-state index contributed by atoms with van der Waals surface area (Å²) in [5, 5.41) is 8.29. The zero-order chi connectivity index (χ0) is 24.1. The van der Waals surface area contributed by atoms with E-state index in [4.69, 9.17) is 14.2 Å². The van der Waals surface area contributed by atoms with Crippen molar-refractivity contribution in [1.29, 1.82) is 0 Å². The van der Waals surface area contributed by atoms with Gasteiger partial charge in [-0.1, -0.05) is 13.8 Å². The molecule has 0 aromatic heterocycles. The Bertz CT molecular complexity index is 889. The molecule has 1 aliphatic heterocycles. The van der Waals surface area contributed by atoms with Crippen molar-refractivity contribution < 1.29 is 32.6 Å². The smallest absolute Gasteiger partial charge is 0.407 e. The maximum atomic E-state index is 13.9. The highest BCUT2D eigenvalue weighted by molar-refractivity contribution is 9.12. The van der Waals surface area contributed by atoms with Gasteiger partial charge in [0.05, 0.1) is 6.61 Å². The van der Waals surface area contributed by atoms with Crippen molar-refractivity contribution in [3.05, 3.63) is 45.8 Å². The fourth-order valence-electron chi connectivity index (χ4n) is 2.68. The molecule has 1 heterocycles. The third-order valence-corrected chi connectivity index (χ3v) is 5.02. The first-order valence-corrected chi connectivity index (χ1v) is 10.8. The van der Waals surface area contributed by atoms with Crippen LogP contribution in [0.25, 0.3) is 0 Å². The van der Waals surface area contributed by atoms with E-state index in [0.717, 1.165) is 12.1 Å². The minimum absolute atomic E-state index is 0.0336. The van der Waals surface area contributed by atoms with Gasteiger partial charge in [-0.2, -0.15) is 0 Å². The summed E-state index contributed by atoms with van der Waals surface area (Å²) in [6.45, 7) is 8.80. The Morgan fingerprint density at radius 1 is 1.25 bits per heavy atom. The Morgan fingerprint density at radius 3 is 2.53 bits per heavy atom. The van der Waals surface area contributed by atoms with Gasteiger partial charge in [0.25, 0.3) is 5.91 Å².